The molecule has 0 aliphatic carbocycles. The van der Waals surface area contributed by atoms with Gasteiger partial charge in [0.05, 0.1) is 18.6 Å². The van der Waals surface area contributed by atoms with Crippen LogP contribution in [0.5, 0.6) is 0 Å². The zero-order valence-electron chi connectivity index (χ0n) is 22.1. The van der Waals surface area contributed by atoms with Gasteiger partial charge in [0.2, 0.25) is 11.8 Å². The number of hydrogen-bond donors (Lipinski definition) is 2. The molecule has 7 heteroatoms. The van der Waals surface area contributed by atoms with Crippen LogP contribution < -0.4 is 5.32 Å². The molecule has 0 heterocycles. The average Bonchev–Trinajstić information content (AvgIpc) is 2.93. The van der Waals surface area contributed by atoms with Crippen LogP contribution in [0.4, 0.5) is 0 Å². The highest BCUT2D eigenvalue weighted by molar-refractivity contribution is 5.86. The van der Waals surface area contributed by atoms with Gasteiger partial charge in [0.15, 0.2) is 0 Å². The molecule has 2 N–H and O–H groups in total. The number of benzene rings is 2. The predicted octanol–water partition coefficient (Wildman–Crippen LogP) is 4.74. The molecule has 204 valence electrons. The first-order chi connectivity index (χ1) is 18.5. The van der Waals surface area contributed by atoms with E-state index < -0.39 is 12.0 Å². The lowest BCUT2D eigenvalue weighted by atomic mass is 9.98. The first-order valence-electron chi connectivity index (χ1n) is 13.1. The molecule has 0 aliphatic heterocycles. The van der Waals surface area contributed by atoms with Gasteiger partial charge >= 0.3 is 5.97 Å². The molecule has 2 amide bonds. The standard InChI is InChI=1S/C31H40N2O5/c1-3-5-6-13-19-30(36)38-24-28(26-17-11-8-12-18-26)32-31(37)27(14-4-2)22-29(35)33(20-21-34)23-25-15-9-7-10-16-25/h3-4,7-12,15-18,27-28,34H,1-2,5-6,13-14,19-24H2,(H,32,37)/t27-,28-/m1/s1. The van der Waals surface area contributed by atoms with E-state index >= 15 is 0 Å². The van der Waals surface area contributed by atoms with Crippen LogP contribution in [0.3, 0.4) is 0 Å². The molecule has 0 radical (unpaired) electrons. The monoisotopic (exact) mass is 520 g/mol. The van der Waals surface area contributed by atoms with Crippen LogP contribution in [0.15, 0.2) is 86.0 Å². The molecular weight excluding hydrogens is 480 g/mol. The van der Waals surface area contributed by atoms with Gasteiger partial charge in [-0.15, -0.1) is 13.2 Å². The summed E-state index contributed by atoms with van der Waals surface area (Å²) in [5.74, 6) is -1.52. The summed E-state index contributed by atoms with van der Waals surface area (Å²) in [7, 11) is 0. The molecule has 2 aromatic rings. The van der Waals surface area contributed by atoms with Crippen molar-refractivity contribution in [2.45, 2.75) is 51.1 Å². The van der Waals surface area contributed by atoms with Crippen molar-refractivity contribution in [1.29, 1.82) is 0 Å². The van der Waals surface area contributed by atoms with E-state index in [0.717, 1.165) is 24.0 Å². The number of nitrogens with one attached hydrogen (secondary N) is 1. The number of unbranched alkanes of at least 4 members (excludes halogenated alkanes) is 2. The maximum Gasteiger partial charge on any atom is 0.305 e. The van der Waals surface area contributed by atoms with Crippen LogP contribution in [0.1, 0.15) is 55.7 Å². The van der Waals surface area contributed by atoms with Crippen molar-refractivity contribution in [2.75, 3.05) is 19.8 Å². The Balaban J connectivity index is 2.07. The van der Waals surface area contributed by atoms with E-state index in [2.05, 4.69) is 18.5 Å². The number of hydrogen-bond acceptors (Lipinski definition) is 5. The number of aliphatic hydroxyl groups excluding tert-OH is 1. The van der Waals surface area contributed by atoms with Gasteiger partial charge in [-0.2, -0.15) is 0 Å². The van der Waals surface area contributed by atoms with Gasteiger partial charge in [0, 0.05) is 25.9 Å². The second-order valence-electron chi connectivity index (χ2n) is 9.14. The molecule has 38 heavy (non-hydrogen) atoms. The Labute approximate surface area is 226 Å². The first-order valence-corrected chi connectivity index (χ1v) is 13.1. The van der Waals surface area contributed by atoms with Crippen molar-refractivity contribution in [3.05, 3.63) is 97.1 Å². The first kappa shape index (κ1) is 30.5. The van der Waals surface area contributed by atoms with E-state index in [0.29, 0.717) is 25.8 Å². The molecule has 0 unspecified atom stereocenters. The lowest BCUT2D eigenvalue weighted by Gasteiger charge is -2.26. The zero-order chi connectivity index (χ0) is 27.6. The van der Waals surface area contributed by atoms with Gasteiger partial charge in [-0.3, -0.25) is 14.4 Å². The summed E-state index contributed by atoms with van der Waals surface area (Å²) in [4.78, 5) is 40.3. The SMILES string of the molecule is C=CCCCCC(=O)OC[C@@H](NC(=O)[C@H](CC=C)CC(=O)N(CCO)Cc1ccccc1)c1ccccc1. The van der Waals surface area contributed by atoms with Crippen molar-refractivity contribution >= 4 is 17.8 Å². The largest absolute Gasteiger partial charge is 0.463 e. The minimum Gasteiger partial charge on any atom is -0.463 e. The topological polar surface area (TPSA) is 95.9 Å². The van der Waals surface area contributed by atoms with Crippen LogP contribution in [0.2, 0.25) is 0 Å². The number of carbonyl (C=O) groups is 3. The molecule has 2 atom stereocenters. The second kappa shape index (κ2) is 17.7. The van der Waals surface area contributed by atoms with Crippen molar-refractivity contribution in [3.63, 3.8) is 0 Å². The summed E-state index contributed by atoms with van der Waals surface area (Å²) >= 11 is 0. The average molecular weight is 521 g/mol. The Morgan fingerprint density at radius 2 is 1.66 bits per heavy atom. The Hall–Kier alpha value is -3.71. The van der Waals surface area contributed by atoms with Gasteiger partial charge < -0.3 is 20.1 Å². The minimum absolute atomic E-state index is 0.00452. The third kappa shape index (κ3) is 11.1. The van der Waals surface area contributed by atoms with Crippen molar-refractivity contribution in [2.24, 2.45) is 5.92 Å². The van der Waals surface area contributed by atoms with E-state index in [4.69, 9.17) is 4.74 Å². The van der Waals surface area contributed by atoms with Gasteiger partial charge in [0.25, 0.3) is 0 Å². The third-order valence-electron chi connectivity index (χ3n) is 6.15. The number of carbonyl (C=O) groups excluding carboxylic acids is 3. The molecule has 0 aliphatic rings. The molecule has 0 fully saturated rings. The third-order valence-corrected chi connectivity index (χ3v) is 6.15. The summed E-state index contributed by atoms with van der Waals surface area (Å²) in [5.41, 5.74) is 1.74. The highest BCUT2D eigenvalue weighted by Gasteiger charge is 2.27. The van der Waals surface area contributed by atoms with Crippen LogP contribution in [-0.4, -0.2) is 47.5 Å². The summed E-state index contributed by atoms with van der Waals surface area (Å²) in [6.45, 7) is 7.78. The Morgan fingerprint density at radius 3 is 2.29 bits per heavy atom. The van der Waals surface area contributed by atoms with E-state index in [1.165, 1.54) is 0 Å². The molecule has 2 aromatic carbocycles. The summed E-state index contributed by atoms with van der Waals surface area (Å²) < 4.78 is 5.49. The highest BCUT2D eigenvalue weighted by Crippen LogP contribution is 2.19. The summed E-state index contributed by atoms with van der Waals surface area (Å²) in [5, 5.41) is 12.5. The Kier molecular flexibility index (Phi) is 14.2. The minimum atomic E-state index is -0.655. The molecule has 0 aromatic heterocycles. The van der Waals surface area contributed by atoms with Gasteiger partial charge in [-0.05, 0) is 36.8 Å². The molecular formula is C31H40N2O5. The molecule has 0 saturated heterocycles. The fourth-order valence-electron chi connectivity index (χ4n) is 4.04. The Bertz CT molecular complexity index is 1010. The quantitative estimate of drug-likeness (QED) is 0.168. The summed E-state index contributed by atoms with van der Waals surface area (Å²) in [6, 6.07) is 18.3. The smallest absolute Gasteiger partial charge is 0.305 e. The van der Waals surface area contributed by atoms with Gasteiger partial charge in [0.1, 0.15) is 6.61 Å². The van der Waals surface area contributed by atoms with E-state index in [1.54, 1.807) is 11.0 Å². The molecule has 0 bridgehead atoms. The van der Waals surface area contributed by atoms with Gasteiger partial charge in [-0.25, -0.2) is 0 Å². The number of nitrogens with zero attached hydrogens (tertiary/aromatic N) is 1. The number of allylic oxidation sites excluding steroid dienone is 2. The fraction of sp³-hybridized carbons (Fsp3) is 0.387. The number of esters is 1. The molecule has 2 rings (SSSR count). The zero-order valence-corrected chi connectivity index (χ0v) is 22.1. The highest BCUT2D eigenvalue weighted by atomic mass is 16.5. The summed E-state index contributed by atoms with van der Waals surface area (Å²) in [6.07, 6.45) is 6.44. The van der Waals surface area contributed by atoms with Crippen LogP contribution in [-0.2, 0) is 25.7 Å². The fourth-order valence-corrected chi connectivity index (χ4v) is 4.04. The van der Waals surface area contributed by atoms with Gasteiger partial charge in [-0.1, -0.05) is 72.8 Å². The number of ether oxygens (including phenoxy) is 1. The molecule has 7 nitrogen and oxygen atoms in total. The van der Waals surface area contributed by atoms with Crippen LogP contribution in [0, 0.1) is 5.92 Å². The van der Waals surface area contributed by atoms with Crippen molar-refractivity contribution < 1.29 is 24.2 Å². The van der Waals surface area contributed by atoms with Crippen LogP contribution >= 0.6 is 0 Å². The molecule has 0 saturated carbocycles. The lowest BCUT2D eigenvalue weighted by molar-refractivity contribution is -0.145. The maximum absolute atomic E-state index is 13.4. The van der Waals surface area contributed by atoms with E-state index in [9.17, 15) is 19.5 Å². The second-order valence-corrected chi connectivity index (χ2v) is 9.14. The van der Waals surface area contributed by atoms with E-state index in [-0.39, 0.29) is 44.0 Å². The maximum atomic E-state index is 13.4. The number of amides is 2. The molecule has 0 spiro atoms. The van der Waals surface area contributed by atoms with Crippen molar-refractivity contribution in [1.82, 2.24) is 10.2 Å². The number of aliphatic hydroxyl groups is 1. The predicted molar refractivity (Wildman–Crippen MR) is 149 cm³/mol. The van der Waals surface area contributed by atoms with Crippen molar-refractivity contribution in [3.8, 4) is 0 Å². The van der Waals surface area contributed by atoms with Crippen LogP contribution in [0.25, 0.3) is 0 Å². The lowest BCUT2D eigenvalue weighted by Crippen LogP contribution is -2.40. The van der Waals surface area contributed by atoms with E-state index in [1.807, 2.05) is 66.7 Å². The number of rotatable bonds is 18. The normalized spacial score (nSPS) is 12.1. The Morgan fingerprint density at radius 1 is 0.974 bits per heavy atom.